The van der Waals surface area contributed by atoms with Crippen molar-refractivity contribution < 1.29 is 8.42 Å². The molecule has 4 nitrogen and oxygen atoms in total. The van der Waals surface area contributed by atoms with Gasteiger partial charge in [0.2, 0.25) is 10.0 Å². The molecular formula is C11H22N2O2S. The SMILES string of the molecule is CCNCC1CCCN(S(=O)(=O)C2CC2)C1. The predicted octanol–water partition coefficient (Wildman–Crippen LogP) is 0.800. The average Bonchev–Trinajstić information content (AvgIpc) is 3.11. The number of hydrogen-bond acceptors (Lipinski definition) is 3. The van der Waals surface area contributed by atoms with Crippen LogP contribution in [0.3, 0.4) is 0 Å². The van der Waals surface area contributed by atoms with Gasteiger partial charge in [0, 0.05) is 13.1 Å². The van der Waals surface area contributed by atoms with E-state index in [0.29, 0.717) is 5.92 Å². The highest BCUT2D eigenvalue weighted by Crippen LogP contribution is 2.33. The Morgan fingerprint density at radius 2 is 2.06 bits per heavy atom. The van der Waals surface area contributed by atoms with Crippen molar-refractivity contribution >= 4 is 10.0 Å². The predicted molar refractivity (Wildman–Crippen MR) is 64.8 cm³/mol. The normalized spacial score (nSPS) is 28.2. The van der Waals surface area contributed by atoms with E-state index in [9.17, 15) is 8.42 Å². The third-order valence-electron chi connectivity index (χ3n) is 3.47. The Bertz CT molecular complexity index is 325. The molecule has 0 radical (unpaired) electrons. The summed E-state index contributed by atoms with van der Waals surface area (Å²) in [6.45, 7) is 5.47. The molecule has 0 amide bonds. The van der Waals surface area contributed by atoms with E-state index in [2.05, 4.69) is 12.2 Å². The fraction of sp³-hybridized carbons (Fsp3) is 1.00. The van der Waals surface area contributed by atoms with Crippen LogP contribution in [0.25, 0.3) is 0 Å². The first-order valence-electron chi connectivity index (χ1n) is 6.34. The lowest BCUT2D eigenvalue weighted by Gasteiger charge is -2.32. The van der Waals surface area contributed by atoms with Crippen molar-refractivity contribution in [2.45, 2.75) is 37.9 Å². The van der Waals surface area contributed by atoms with Crippen LogP contribution in [0.5, 0.6) is 0 Å². The second-order valence-electron chi connectivity index (χ2n) is 4.92. The highest BCUT2D eigenvalue weighted by atomic mass is 32.2. The van der Waals surface area contributed by atoms with Gasteiger partial charge in [-0.25, -0.2) is 12.7 Å². The zero-order valence-corrected chi connectivity index (χ0v) is 10.8. The summed E-state index contributed by atoms with van der Waals surface area (Å²) in [6, 6.07) is 0. The number of hydrogen-bond donors (Lipinski definition) is 1. The van der Waals surface area contributed by atoms with Crippen LogP contribution < -0.4 is 5.32 Å². The van der Waals surface area contributed by atoms with E-state index in [1.165, 1.54) is 0 Å². The van der Waals surface area contributed by atoms with Gasteiger partial charge < -0.3 is 5.32 Å². The second kappa shape index (κ2) is 5.02. The van der Waals surface area contributed by atoms with Crippen molar-refractivity contribution in [2.75, 3.05) is 26.2 Å². The molecule has 0 bridgehead atoms. The molecule has 1 aliphatic heterocycles. The van der Waals surface area contributed by atoms with Gasteiger partial charge in [0.25, 0.3) is 0 Å². The minimum atomic E-state index is -2.94. The first-order valence-corrected chi connectivity index (χ1v) is 7.84. The van der Waals surface area contributed by atoms with Crippen molar-refractivity contribution in [1.82, 2.24) is 9.62 Å². The maximum absolute atomic E-state index is 12.1. The minimum absolute atomic E-state index is 0.0506. The van der Waals surface area contributed by atoms with Gasteiger partial charge >= 0.3 is 0 Å². The number of nitrogens with one attached hydrogen (secondary N) is 1. The molecule has 1 unspecified atom stereocenters. The summed E-state index contributed by atoms with van der Waals surface area (Å²) in [4.78, 5) is 0. The van der Waals surface area contributed by atoms with Crippen LogP contribution in [0, 0.1) is 5.92 Å². The molecule has 16 heavy (non-hydrogen) atoms. The number of rotatable bonds is 5. The van der Waals surface area contributed by atoms with Crippen LogP contribution >= 0.6 is 0 Å². The lowest BCUT2D eigenvalue weighted by Crippen LogP contribution is -2.44. The maximum atomic E-state index is 12.1. The molecule has 1 N–H and O–H groups in total. The molecule has 0 aromatic carbocycles. The van der Waals surface area contributed by atoms with Gasteiger partial charge in [0.15, 0.2) is 0 Å². The van der Waals surface area contributed by atoms with E-state index in [0.717, 1.165) is 51.9 Å². The molecule has 5 heteroatoms. The van der Waals surface area contributed by atoms with Gasteiger partial charge in [-0.05, 0) is 44.7 Å². The van der Waals surface area contributed by atoms with Crippen molar-refractivity contribution in [3.05, 3.63) is 0 Å². The first kappa shape index (κ1) is 12.3. The molecule has 1 aliphatic carbocycles. The van der Waals surface area contributed by atoms with Crippen molar-refractivity contribution in [3.63, 3.8) is 0 Å². The quantitative estimate of drug-likeness (QED) is 0.780. The molecular weight excluding hydrogens is 224 g/mol. The molecule has 0 aromatic rings. The van der Waals surface area contributed by atoms with Gasteiger partial charge in [0.05, 0.1) is 5.25 Å². The molecule has 1 saturated heterocycles. The van der Waals surface area contributed by atoms with Gasteiger partial charge in [0.1, 0.15) is 0 Å². The Hall–Kier alpha value is -0.130. The molecule has 94 valence electrons. The molecule has 0 spiro atoms. The highest BCUT2D eigenvalue weighted by Gasteiger charge is 2.41. The lowest BCUT2D eigenvalue weighted by molar-refractivity contribution is 0.261. The van der Waals surface area contributed by atoms with E-state index in [1.54, 1.807) is 4.31 Å². The Morgan fingerprint density at radius 1 is 1.31 bits per heavy atom. The third-order valence-corrected chi connectivity index (χ3v) is 5.84. The summed E-state index contributed by atoms with van der Waals surface area (Å²) in [5.74, 6) is 0.502. The van der Waals surface area contributed by atoms with Gasteiger partial charge in [-0.15, -0.1) is 0 Å². The minimum Gasteiger partial charge on any atom is -0.317 e. The molecule has 2 fully saturated rings. The lowest BCUT2D eigenvalue weighted by atomic mass is 10.00. The van der Waals surface area contributed by atoms with Crippen LogP contribution in [0.15, 0.2) is 0 Å². The third kappa shape index (κ3) is 2.76. The summed E-state index contributed by atoms with van der Waals surface area (Å²) < 4.78 is 25.9. The Morgan fingerprint density at radius 3 is 2.69 bits per heavy atom. The summed E-state index contributed by atoms with van der Waals surface area (Å²) in [7, 11) is -2.94. The van der Waals surface area contributed by atoms with Crippen LogP contribution in [-0.4, -0.2) is 44.2 Å². The van der Waals surface area contributed by atoms with Crippen LogP contribution in [0.2, 0.25) is 0 Å². The molecule has 2 rings (SSSR count). The Labute approximate surface area is 98.4 Å². The zero-order chi connectivity index (χ0) is 11.6. The van der Waals surface area contributed by atoms with Crippen molar-refractivity contribution in [3.8, 4) is 0 Å². The zero-order valence-electron chi connectivity index (χ0n) is 9.98. The molecule has 2 aliphatic rings. The van der Waals surface area contributed by atoms with E-state index >= 15 is 0 Å². The van der Waals surface area contributed by atoms with Crippen LogP contribution in [0.4, 0.5) is 0 Å². The van der Waals surface area contributed by atoms with Gasteiger partial charge in [-0.3, -0.25) is 0 Å². The molecule has 1 heterocycles. The Balaban J connectivity index is 1.90. The number of nitrogens with zero attached hydrogens (tertiary/aromatic N) is 1. The van der Waals surface area contributed by atoms with E-state index in [-0.39, 0.29) is 5.25 Å². The number of piperidine rings is 1. The maximum Gasteiger partial charge on any atom is 0.216 e. The smallest absolute Gasteiger partial charge is 0.216 e. The Kier molecular flexibility index (Phi) is 3.87. The van der Waals surface area contributed by atoms with Gasteiger partial charge in [-0.1, -0.05) is 6.92 Å². The number of sulfonamides is 1. The van der Waals surface area contributed by atoms with Crippen molar-refractivity contribution in [1.29, 1.82) is 0 Å². The van der Waals surface area contributed by atoms with E-state index < -0.39 is 10.0 Å². The van der Waals surface area contributed by atoms with Gasteiger partial charge in [-0.2, -0.15) is 0 Å². The summed E-state index contributed by atoms with van der Waals surface area (Å²) in [6.07, 6.45) is 3.92. The van der Waals surface area contributed by atoms with Crippen molar-refractivity contribution in [2.24, 2.45) is 5.92 Å². The van der Waals surface area contributed by atoms with Crippen LogP contribution in [0.1, 0.15) is 32.6 Å². The standard InChI is InChI=1S/C11H22N2O2S/c1-2-12-8-10-4-3-7-13(9-10)16(14,15)11-5-6-11/h10-12H,2-9H2,1H3. The fourth-order valence-electron chi connectivity index (χ4n) is 2.35. The van der Waals surface area contributed by atoms with Crippen LogP contribution in [-0.2, 0) is 10.0 Å². The first-order chi connectivity index (χ1) is 7.64. The topological polar surface area (TPSA) is 49.4 Å². The summed E-state index contributed by atoms with van der Waals surface area (Å²) in [5, 5.41) is 3.26. The molecule has 0 aromatic heterocycles. The molecule has 1 saturated carbocycles. The summed E-state index contributed by atoms with van der Waals surface area (Å²) >= 11 is 0. The summed E-state index contributed by atoms with van der Waals surface area (Å²) in [5.41, 5.74) is 0. The highest BCUT2D eigenvalue weighted by molar-refractivity contribution is 7.90. The largest absolute Gasteiger partial charge is 0.317 e. The fourth-order valence-corrected chi connectivity index (χ4v) is 4.31. The van der Waals surface area contributed by atoms with E-state index in [1.807, 2.05) is 0 Å². The molecule has 1 atom stereocenters. The van der Waals surface area contributed by atoms with E-state index in [4.69, 9.17) is 0 Å². The second-order valence-corrected chi connectivity index (χ2v) is 7.13. The average molecular weight is 246 g/mol. The monoisotopic (exact) mass is 246 g/mol.